The van der Waals surface area contributed by atoms with Crippen molar-refractivity contribution in [3.05, 3.63) is 49.1 Å². The number of aromatic nitrogens is 4. The number of amides is 2. The zero-order chi connectivity index (χ0) is 24.3. The number of H-pyrrole nitrogens is 1. The molecule has 11 nitrogen and oxygen atoms in total. The minimum absolute atomic E-state index is 0.0752. The summed E-state index contributed by atoms with van der Waals surface area (Å²) in [6.45, 7) is 2.08. The Bertz CT molecular complexity index is 1430. The van der Waals surface area contributed by atoms with Crippen molar-refractivity contribution in [3.8, 4) is 0 Å². The Kier molecular flexibility index (Phi) is 5.50. The molecule has 2 amide bonds. The minimum Gasteiger partial charge on any atom is -0.340 e. The van der Waals surface area contributed by atoms with E-state index in [1.54, 1.807) is 25.2 Å². The number of anilines is 2. The highest BCUT2D eigenvalue weighted by Crippen LogP contribution is 2.31. The van der Waals surface area contributed by atoms with Crippen LogP contribution >= 0.6 is 23.2 Å². The number of nitrogens with one attached hydrogen (secondary N) is 1. The van der Waals surface area contributed by atoms with E-state index in [9.17, 15) is 19.2 Å². The number of aryl methyl sites for hydroxylation is 1. The quantitative estimate of drug-likeness (QED) is 0.521. The maximum absolute atomic E-state index is 13.1. The molecule has 1 aromatic carbocycles. The largest absolute Gasteiger partial charge is 0.340 e. The van der Waals surface area contributed by atoms with Crippen LogP contribution in [0.25, 0.3) is 11.2 Å². The molecule has 1 N–H and O–H groups in total. The molecule has 178 valence electrons. The summed E-state index contributed by atoms with van der Waals surface area (Å²) in [6, 6.07) is 4.06. The Balaban J connectivity index is 1.33. The second kappa shape index (κ2) is 8.26. The Morgan fingerprint density at radius 2 is 1.59 bits per heavy atom. The number of halogens is 2. The first-order valence-corrected chi connectivity index (χ1v) is 11.4. The standard InChI is InChI=1S/C21H21Cl2N7O4/c1-26-17-16(19(33)27(2)21(26)34)24-20(25-17)29-5-3-28(4-6-29)14-10-15(31)30(18(14)32)13-8-11(22)7-12(23)9-13/h7-9,14H,3-6,10H2,1-2H3,(H,24,25). The van der Waals surface area contributed by atoms with Gasteiger partial charge in [0, 0.05) is 50.3 Å². The van der Waals surface area contributed by atoms with Gasteiger partial charge in [0.05, 0.1) is 18.2 Å². The van der Waals surface area contributed by atoms with E-state index >= 15 is 0 Å². The molecule has 0 saturated carbocycles. The number of benzene rings is 1. The number of aromatic amines is 1. The molecule has 0 spiro atoms. The molecule has 0 bridgehead atoms. The Hall–Kier alpha value is -3.15. The summed E-state index contributed by atoms with van der Waals surface area (Å²) in [4.78, 5) is 63.0. The zero-order valence-corrected chi connectivity index (χ0v) is 19.9. The van der Waals surface area contributed by atoms with Crippen LogP contribution in [0.1, 0.15) is 6.42 Å². The van der Waals surface area contributed by atoms with E-state index in [0.717, 1.165) is 9.47 Å². The van der Waals surface area contributed by atoms with E-state index in [4.69, 9.17) is 23.2 Å². The third-order valence-electron chi connectivity index (χ3n) is 6.37. The summed E-state index contributed by atoms with van der Waals surface area (Å²) in [5.74, 6) is -0.124. The van der Waals surface area contributed by atoms with Gasteiger partial charge in [-0.3, -0.25) is 28.4 Å². The number of nitrogens with zero attached hydrogens (tertiary/aromatic N) is 6. The van der Waals surface area contributed by atoms with Gasteiger partial charge in [-0.25, -0.2) is 9.69 Å². The lowest BCUT2D eigenvalue weighted by Crippen LogP contribution is -2.52. The number of imidazole rings is 1. The molecule has 2 fully saturated rings. The van der Waals surface area contributed by atoms with Crippen LogP contribution in [0.5, 0.6) is 0 Å². The van der Waals surface area contributed by atoms with Crippen molar-refractivity contribution in [1.82, 2.24) is 24.0 Å². The molecule has 0 aliphatic carbocycles. The summed E-state index contributed by atoms with van der Waals surface area (Å²) >= 11 is 12.1. The van der Waals surface area contributed by atoms with Gasteiger partial charge in [-0.2, -0.15) is 4.98 Å². The van der Waals surface area contributed by atoms with Gasteiger partial charge in [0.25, 0.3) is 11.5 Å². The van der Waals surface area contributed by atoms with Crippen molar-refractivity contribution < 1.29 is 9.59 Å². The maximum Gasteiger partial charge on any atom is 0.332 e. The van der Waals surface area contributed by atoms with Crippen molar-refractivity contribution >= 4 is 57.8 Å². The third kappa shape index (κ3) is 3.60. The second-order valence-electron chi connectivity index (χ2n) is 8.40. The maximum atomic E-state index is 13.1. The molecule has 0 radical (unpaired) electrons. The fourth-order valence-corrected chi connectivity index (χ4v) is 5.06. The molecule has 34 heavy (non-hydrogen) atoms. The molecule has 13 heteroatoms. The van der Waals surface area contributed by atoms with E-state index in [0.29, 0.717) is 47.9 Å². The summed E-state index contributed by atoms with van der Waals surface area (Å²) in [5, 5.41) is 0.691. The monoisotopic (exact) mass is 505 g/mol. The second-order valence-corrected chi connectivity index (χ2v) is 9.28. The van der Waals surface area contributed by atoms with Gasteiger partial charge in [-0.05, 0) is 18.2 Å². The normalized spacial score (nSPS) is 19.6. The number of fused-ring (bicyclic) bond motifs is 1. The van der Waals surface area contributed by atoms with Crippen molar-refractivity contribution in [2.75, 3.05) is 36.0 Å². The third-order valence-corrected chi connectivity index (χ3v) is 6.80. The van der Waals surface area contributed by atoms with Crippen LogP contribution in [-0.4, -0.2) is 68.0 Å². The molecular formula is C21H21Cl2N7O4. The van der Waals surface area contributed by atoms with Gasteiger partial charge in [0.1, 0.15) is 0 Å². The lowest BCUT2D eigenvalue weighted by Gasteiger charge is -2.36. The minimum atomic E-state index is -0.573. The summed E-state index contributed by atoms with van der Waals surface area (Å²) in [5.41, 5.74) is 0.0255. The number of rotatable bonds is 3. The Morgan fingerprint density at radius 1 is 0.941 bits per heavy atom. The molecular weight excluding hydrogens is 485 g/mol. The number of carbonyl (C=O) groups is 2. The first-order chi connectivity index (χ1) is 16.2. The van der Waals surface area contributed by atoms with Gasteiger partial charge in [0.2, 0.25) is 11.9 Å². The molecule has 4 heterocycles. The average molecular weight is 506 g/mol. The molecule has 2 aliphatic rings. The van der Waals surface area contributed by atoms with E-state index in [2.05, 4.69) is 9.97 Å². The van der Waals surface area contributed by atoms with Crippen LogP contribution in [0, 0.1) is 0 Å². The molecule has 3 aromatic rings. The van der Waals surface area contributed by atoms with E-state index < -0.39 is 17.3 Å². The number of carbonyl (C=O) groups excluding carboxylic acids is 2. The molecule has 1 unspecified atom stereocenters. The summed E-state index contributed by atoms with van der Waals surface area (Å²) < 4.78 is 2.36. The van der Waals surface area contributed by atoms with Crippen molar-refractivity contribution in [3.63, 3.8) is 0 Å². The van der Waals surface area contributed by atoms with Crippen molar-refractivity contribution in [1.29, 1.82) is 0 Å². The van der Waals surface area contributed by atoms with Gasteiger partial charge in [-0.1, -0.05) is 23.2 Å². The summed E-state index contributed by atoms with van der Waals surface area (Å²) in [7, 11) is 2.98. The molecule has 2 aromatic heterocycles. The van der Waals surface area contributed by atoms with Gasteiger partial charge in [0.15, 0.2) is 11.2 Å². The van der Waals surface area contributed by atoms with Crippen molar-refractivity contribution in [2.45, 2.75) is 12.5 Å². The van der Waals surface area contributed by atoms with Crippen LogP contribution in [0.3, 0.4) is 0 Å². The lowest BCUT2D eigenvalue weighted by molar-refractivity contribution is -0.123. The number of piperazine rings is 1. The van der Waals surface area contributed by atoms with Crippen LogP contribution < -0.4 is 21.0 Å². The molecule has 2 aliphatic heterocycles. The SMILES string of the molecule is Cn1c(=O)c2[nH]c(N3CCN(C4CC(=O)N(c5cc(Cl)cc(Cl)c5)C4=O)CC3)nc2n(C)c1=O. The number of imide groups is 1. The lowest BCUT2D eigenvalue weighted by atomic mass is 10.2. The van der Waals surface area contributed by atoms with Crippen LogP contribution in [-0.2, 0) is 23.7 Å². The van der Waals surface area contributed by atoms with Crippen LogP contribution in [0.15, 0.2) is 27.8 Å². The first-order valence-electron chi connectivity index (χ1n) is 10.6. The highest BCUT2D eigenvalue weighted by molar-refractivity contribution is 6.35. The fraction of sp³-hybridized carbons (Fsp3) is 0.381. The molecule has 1 atom stereocenters. The van der Waals surface area contributed by atoms with Crippen molar-refractivity contribution in [2.24, 2.45) is 14.1 Å². The fourth-order valence-electron chi connectivity index (χ4n) is 4.55. The smallest absolute Gasteiger partial charge is 0.332 e. The van der Waals surface area contributed by atoms with Crippen LogP contribution in [0.4, 0.5) is 11.6 Å². The van der Waals surface area contributed by atoms with Gasteiger partial charge >= 0.3 is 5.69 Å². The molecule has 5 rings (SSSR count). The predicted molar refractivity (Wildman–Crippen MR) is 128 cm³/mol. The highest BCUT2D eigenvalue weighted by Gasteiger charge is 2.43. The molecule has 2 saturated heterocycles. The van der Waals surface area contributed by atoms with Gasteiger partial charge in [-0.15, -0.1) is 0 Å². The van der Waals surface area contributed by atoms with E-state index in [1.807, 2.05) is 9.80 Å². The Morgan fingerprint density at radius 3 is 2.24 bits per heavy atom. The zero-order valence-electron chi connectivity index (χ0n) is 18.4. The first kappa shape index (κ1) is 22.6. The van der Waals surface area contributed by atoms with E-state index in [1.165, 1.54) is 11.6 Å². The number of hydrogen-bond acceptors (Lipinski definition) is 7. The number of hydrogen-bond donors (Lipinski definition) is 1. The topological polar surface area (TPSA) is 117 Å². The Labute approximate surface area is 203 Å². The highest BCUT2D eigenvalue weighted by atomic mass is 35.5. The average Bonchev–Trinajstić information content (AvgIpc) is 3.37. The van der Waals surface area contributed by atoms with Gasteiger partial charge < -0.3 is 9.88 Å². The van der Waals surface area contributed by atoms with E-state index in [-0.39, 0.29) is 29.4 Å². The van der Waals surface area contributed by atoms with Crippen LogP contribution in [0.2, 0.25) is 10.0 Å². The predicted octanol–water partition coefficient (Wildman–Crippen LogP) is 0.721. The summed E-state index contributed by atoms with van der Waals surface area (Å²) in [6.07, 6.45) is 0.0752.